The molecule has 172 valence electrons. The van der Waals surface area contributed by atoms with Gasteiger partial charge in [-0.2, -0.15) is 10.5 Å². The molecular weight excluding hydrogens is 433 g/mol. The number of hydrogen-bond donors (Lipinski definition) is 0. The Hall–Kier alpha value is -3.75. The summed E-state index contributed by atoms with van der Waals surface area (Å²) >= 11 is 0. The minimum atomic E-state index is -0.481. The molecule has 2 fully saturated rings. The van der Waals surface area contributed by atoms with Crippen molar-refractivity contribution in [3.05, 3.63) is 65.2 Å². The van der Waals surface area contributed by atoms with E-state index in [1.54, 1.807) is 12.1 Å². The van der Waals surface area contributed by atoms with E-state index in [-0.39, 0.29) is 23.4 Å². The molecule has 2 aromatic heterocycles. The van der Waals surface area contributed by atoms with E-state index in [9.17, 15) is 9.18 Å². The van der Waals surface area contributed by atoms with Crippen LogP contribution in [0.3, 0.4) is 0 Å². The number of amides is 1. The molecular formula is C26H24FN5O2. The summed E-state index contributed by atoms with van der Waals surface area (Å²) in [7, 11) is 0. The van der Waals surface area contributed by atoms with E-state index in [0.29, 0.717) is 30.2 Å². The molecule has 5 rings (SSSR count). The van der Waals surface area contributed by atoms with Crippen LogP contribution in [0.25, 0.3) is 11.0 Å². The molecule has 3 aromatic rings. The van der Waals surface area contributed by atoms with E-state index >= 15 is 0 Å². The second kappa shape index (κ2) is 9.24. The molecule has 2 aliphatic rings. The van der Waals surface area contributed by atoms with Crippen molar-refractivity contribution >= 4 is 16.9 Å². The monoisotopic (exact) mass is 457 g/mol. The Morgan fingerprint density at radius 3 is 2.68 bits per heavy atom. The highest BCUT2D eigenvalue weighted by Gasteiger charge is 2.37. The van der Waals surface area contributed by atoms with Crippen LogP contribution in [-0.2, 0) is 16.2 Å². The molecule has 0 N–H and O–H groups in total. The molecule has 1 atom stereocenters. The predicted molar refractivity (Wildman–Crippen MR) is 121 cm³/mol. The van der Waals surface area contributed by atoms with E-state index in [1.165, 1.54) is 17.2 Å². The Morgan fingerprint density at radius 2 is 1.91 bits per heavy atom. The van der Waals surface area contributed by atoms with Crippen molar-refractivity contribution in [3.63, 3.8) is 0 Å². The highest BCUT2D eigenvalue weighted by molar-refractivity contribution is 5.79. The van der Waals surface area contributed by atoms with Crippen molar-refractivity contribution in [1.82, 2.24) is 14.6 Å². The van der Waals surface area contributed by atoms with E-state index in [4.69, 9.17) is 15.4 Å². The van der Waals surface area contributed by atoms with Crippen LogP contribution in [0.5, 0.6) is 0 Å². The van der Waals surface area contributed by atoms with Crippen LogP contribution in [0, 0.1) is 40.3 Å². The number of pyridine rings is 1. The Balaban J connectivity index is 1.22. The van der Waals surface area contributed by atoms with Gasteiger partial charge in [0.05, 0.1) is 35.3 Å². The predicted octanol–water partition coefficient (Wildman–Crippen LogP) is 4.63. The molecule has 1 amide bonds. The first kappa shape index (κ1) is 22.1. The summed E-state index contributed by atoms with van der Waals surface area (Å²) in [4.78, 5) is 23.3. The topological polar surface area (TPSA) is 94.9 Å². The van der Waals surface area contributed by atoms with E-state index < -0.39 is 5.82 Å². The van der Waals surface area contributed by atoms with Crippen LogP contribution in [0.1, 0.15) is 55.0 Å². The van der Waals surface area contributed by atoms with Crippen molar-refractivity contribution in [3.8, 4) is 12.1 Å². The van der Waals surface area contributed by atoms with E-state index in [1.807, 2.05) is 24.4 Å². The maximum Gasteiger partial charge on any atom is 0.249 e. The molecule has 34 heavy (non-hydrogen) atoms. The Labute approximate surface area is 196 Å². The summed E-state index contributed by atoms with van der Waals surface area (Å²) in [6.45, 7) is 1.24. The molecule has 1 aromatic carbocycles. The number of carbonyl (C=O) groups is 1. The summed E-state index contributed by atoms with van der Waals surface area (Å²) in [6, 6.07) is 13.5. The number of hydroxylamine groups is 2. The summed E-state index contributed by atoms with van der Waals surface area (Å²) in [5.74, 6) is -0.206. The maximum atomic E-state index is 14.0. The second-order valence-corrected chi connectivity index (χ2v) is 9.09. The molecule has 1 saturated carbocycles. The van der Waals surface area contributed by atoms with Gasteiger partial charge in [0.25, 0.3) is 0 Å². The summed E-state index contributed by atoms with van der Waals surface area (Å²) in [5.41, 5.74) is 3.08. The molecule has 0 radical (unpaired) electrons. The average Bonchev–Trinajstić information content (AvgIpc) is 3.51. The summed E-state index contributed by atoms with van der Waals surface area (Å²) in [5, 5.41) is 19.6. The van der Waals surface area contributed by atoms with Crippen LogP contribution < -0.4 is 0 Å². The number of nitrogens with zero attached hydrogens (tertiary/aromatic N) is 5. The minimum absolute atomic E-state index is 0.0524. The number of carbonyl (C=O) groups excluding carboxylic acids is 1. The lowest BCUT2D eigenvalue weighted by atomic mass is 9.81. The molecule has 0 unspecified atom stereocenters. The van der Waals surface area contributed by atoms with Gasteiger partial charge in [0.2, 0.25) is 5.91 Å². The standard InChI is InChI=1S/C26H24FN5O2/c27-21-12-18(14-28)11-20(13-21)24-8-10-34-32(24)26(33)19-3-1-17(2-4-19)16-31-9-7-23-25(31)6-5-22(15-29)30-23/h5-7,9,11-13,17,19,24H,1-4,8,10,16H2/t17?,19?,24-/m0/s1. The number of rotatable bonds is 4. The highest BCUT2D eigenvalue weighted by atomic mass is 19.1. The lowest BCUT2D eigenvalue weighted by Crippen LogP contribution is -2.37. The van der Waals surface area contributed by atoms with Crippen molar-refractivity contribution < 1.29 is 14.0 Å². The first-order valence-corrected chi connectivity index (χ1v) is 11.6. The fourth-order valence-electron chi connectivity index (χ4n) is 5.20. The van der Waals surface area contributed by atoms with Gasteiger partial charge in [-0.15, -0.1) is 0 Å². The van der Waals surface area contributed by atoms with Crippen LogP contribution >= 0.6 is 0 Å². The van der Waals surface area contributed by atoms with Gasteiger partial charge >= 0.3 is 0 Å². The molecule has 0 spiro atoms. The molecule has 3 heterocycles. The Morgan fingerprint density at radius 1 is 1.09 bits per heavy atom. The van der Waals surface area contributed by atoms with Gasteiger partial charge in [0, 0.05) is 25.1 Å². The lowest BCUT2D eigenvalue weighted by molar-refractivity contribution is -0.183. The van der Waals surface area contributed by atoms with Gasteiger partial charge in [-0.05, 0) is 73.6 Å². The number of benzene rings is 1. The fourth-order valence-corrected chi connectivity index (χ4v) is 5.20. The number of hydrogen-bond acceptors (Lipinski definition) is 5. The molecule has 1 aliphatic carbocycles. The largest absolute Gasteiger partial charge is 0.346 e. The molecule has 8 heteroatoms. The third kappa shape index (κ3) is 4.25. The summed E-state index contributed by atoms with van der Waals surface area (Å²) in [6.07, 6.45) is 6.00. The SMILES string of the molecule is N#Cc1cc(F)cc([C@@H]2CCON2C(=O)C2CCC(Cn3ccc4nc(C#N)ccc43)CC2)c1. The van der Waals surface area contributed by atoms with Crippen LogP contribution in [0.15, 0.2) is 42.6 Å². The van der Waals surface area contributed by atoms with Gasteiger partial charge in [-0.25, -0.2) is 14.4 Å². The third-order valence-corrected chi connectivity index (χ3v) is 6.95. The highest BCUT2D eigenvalue weighted by Crippen LogP contribution is 2.37. The van der Waals surface area contributed by atoms with Gasteiger partial charge in [0.1, 0.15) is 17.6 Å². The van der Waals surface area contributed by atoms with Crippen LogP contribution in [0.2, 0.25) is 0 Å². The first-order chi connectivity index (χ1) is 16.6. The molecule has 0 bridgehead atoms. The number of nitriles is 2. The fraction of sp³-hybridized carbons (Fsp3) is 0.385. The Bertz CT molecular complexity index is 1310. The maximum absolute atomic E-state index is 14.0. The number of aromatic nitrogens is 2. The Kier molecular flexibility index (Phi) is 6.00. The normalized spacial score (nSPS) is 22.4. The van der Waals surface area contributed by atoms with Gasteiger partial charge in [0.15, 0.2) is 0 Å². The van der Waals surface area contributed by atoms with E-state index in [0.717, 1.165) is 43.3 Å². The van der Waals surface area contributed by atoms with Crippen molar-refractivity contribution in [2.45, 2.75) is 44.7 Å². The van der Waals surface area contributed by atoms with Crippen molar-refractivity contribution in [2.75, 3.05) is 6.61 Å². The average molecular weight is 458 g/mol. The second-order valence-electron chi connectivity index (χ2n) is 9.09. The summed E-state index contributed by atoms with van der Waals surface area (Å²) < 4.78 is 16.1. The van der Waals surface area contributed by atoms with Gasteiger partial charge in [-0.1, -0.05) is 0 Å². The minimum Gasteiger partial charge on any atom is -0.346 e. The number of halogens is 1. The van der Waals surface area contributed by atoms with Crippen molar-refractivity contribution in [1.29, 1.82) is 10.5 Å². The van der Waals surface area contributed by atoms with Crippen LogP contribution in [-0.4, -0.2) is 27.1 Å². The molecule has 1 saturated heterocycles. The molecule has 1 aliphatic heterocycles. The zero-order valence-corrected chi connectivity index (χ0v) is 18.7. The lowest BCUT2D eigenvalue weighted by Gasteiger charge is -2.32. The number of fused-ring (bicyclic) bond motifs is 1. The van der Waals surface area contributed by atoms with E-state index in [2.05, 4.69) is 15.6 Å². The van der Waals surface area contributed by atoms with Gasteiger partial charge < -0.3 is 4.57 Å². The molecule has 7 nitrogen and oxygen atoms in total. The zero-order valence-electron chi connectivity index (χ0n) is 18.7. The smallest absolute Gasteiger partial charge is 0.249 e. The third-order valence-electron chi connectivity index (χ3n) is 6.95. The quantitative estimate of drug-likeness (QED) is 0.569. The zero-order chi connectivity index (χ0) is 23.7. The van der Waals surface area contributed by atoms with Crippen LogP contribution in [0.4, 0.5) is 4.39 Å². The van der Waals surface area contributed by atoms with Gasteiger partial charge in [-0.3, -0.25) is 9.63 Å². The van der Waals surface area contributed by atoms with Crippen molar-refractivity contribution in [2.24, 2.45) is 11.8 Å². The first-order valence-electron chi connectivity index (χ1n) is 11.6.